The Balaban J connectivity index is 0.00000288. The van der Waals surface area contributed by atoms with Gasteiger partial charge in [-0.2, -0.15) is 0 Å². The van der Waals surface area contributed by atoms with Gasteiger partial charge in [0.25, 0.3) is 0 Å². The lowest BCUT2D eigenvalue weighted by molar-refractivity contribution is 0.0204. The molecule has 0 aliphatic carbocycles. The maximum Gasteiger partial charge on any atom is 0.338 e. The fourth-order valence-corrected chi connectivity index (χ4v) is 2.41. The van der Waals surface area contributed by atoms with E-state index in [4.69, 9.17) is 10.5 Å². The summed E-state index contributed by atoms with van der Waals surface area (Å²) in [6.07, 6.45) is -0.291. The summed E-state index contributed by atoms with van der Waals surface area (Å²) >= 11 is 0. The highest BCUT2D eigenvalue weighted by Gasteiger charge is 2.20. The molecule has 0 saturated heterocycles. The lowest BCUT2D eigenvalue weighted by atomic mass is 10.1. The van der Waals surface area contributed by atoms with Crippen LogP contribution in [0.25, 0.3) is 0 Å². The van der Waals surface area contributed by atoms with E-state index in [1.165, 1.54) is 0 Å². The zero-order chi connectivity index (χ0) is 16.7. The molecule has 5 nitrogen and oxygen atoms in total. The van der Waals surface area contributed by atoms with Crippen molar-refractivity contribution in [2.75, 3.05) is 25.4 Å². The molecular weight excluding hydrogens is 340 g/mol. The highest BCUT2D eigenvalue weighted by Crippen LogP contribution is 2.21. The van der Waals surface area contributed by atoms with Crippen LogP contribution in [0.3, 0.4) is 0 Å². The molecule has 25 heavy (non-hydrogen) atoms. The molecule has 0 spiro atoms. The predicted octanol–water partition coefficient (Wildman–Crippen LogP) is 3.11. The largest absolute Gasteiger partial charge is 0.453 e. The van der Waals surface area contributed by atoms with Crippen LogP contribution >= 0.6 is 12.4 Å². The van der Waals surface area contributed by atoms with Gasteiger partial charge in [0.1, 0.15) is 6.10 Å². The van der Waals surface area contributed by atoms with Crippen molar-refractivity contribution in [1.82, 2.24) is 4.90 Å². The van der Waals surface area contributed by atoms with Crippen LogP contribution in [0.15, 0.2) is 54.6 Å². The standard InChI is InChI=1S/C19H24N2O2.ClH.H2O/c1-3-21(4-2)14-18(15-8-6-5-7-9-15)23-19(22)16-10-12-17(20)13-11-16;;/h5-13,18H,3-4,14,20H2,1-2H3;1H;1H2. The molecule has 0 saturated carbocycles. The second-order valence-corrected chi connectivity index (χ2v) is 5.41. The summed E-state index contributed by atoms with van der Waals surface area (Å²) in [5.74, 6) is -0.328. The van der Waals surface area contributed by atoms with Crippen molar-refractivity contribution < 1.29 is 15.0 Å². The molecule has 0 radical (unpaired) electrons. The quantitative estimate of drug-likeness (QED) is 0.602. The number of halogens is 1. The number of carbonyl (C=O) groups excluding carboxylic acids is 1. The molecule has 2 rings (SSSR count). The number of nitrogens with zero attached hydrogens (tertiary/aromatic N) is 1. The van der Waals surface area contributed by atoms with Gasteiger partial charge in [0, 0.05) is 12.2 Å². The number of esters is 1. The summed E-state index contributed by atoms with van der Waals surface area (Å²) < 4.78 is 5.78. The lowest BCUT2D eigenvalue weighted by Gasteiger charge is -2.25. The third kappa shape index (κ3) is 6.74. The number of carbonyl (C=O) groups is 1. The zero-order valence-electron chi connectivity index (χ0n) is 14.6. The molecule has 0 heterocycles. The third-order valence-corrected chi connectivity index (χ3v) is 3.89. The summed E-state index contributed by atoms with van der Waals surface area (Å²) in [4.78, 5) is 14.7. The third-order valence-electron chi connectivity index (χ3n) is 3.89. The van der Waals surface area contributed by atoms with Crippen molar-refractivity contribution in [1.29, 1.82) is 0 Å². The van der Waals surface area contributed by atoms with E-state index < -0.39 is 0 Å². The summed E-state index contributed by atoms with van der Waals surface area (Å²) in [6.45, 7) is 6.72. The van der Waals surface area contributed by atoms with Gasteiger partial charge in [0.2, 0.25) is 0 Å². The molecule has 4 N–H and O–H groups in total. The number of anilines is 1. The summed E-state index contributed by atoms with van der Waals surface area (Å²) in [5, 5.41) is 0. The van der Waals surface area contributed by atoms with Crippen molar-refractivity contribution >= 4 is 24.1 Å². The molecule has 0 fully saturated rings. The first-order chi connectivity index (χ1) is 11.1. The number of rotatable bonds is 7. The van der Waals surface area contributed by atoms with E-state index in [0.717, 1.165) is 18.7 Å². The molecule has 2 aromatic carbocycles. The topological polar surface area (TPSA) is 87.1 Å². The molecule has 0 bridgehead atoms. The second kappa shape index (κ2) is 11.5. The Morgan fingerprint density at radius 2 is 1.60 bits per heavy atom. The first-order valence-electron chi connectivity index (χ1n) is 7.97. The highest BCUT2D eigenvalue weighted by molar-refractivity contribution is 5.89. The van der Waals surface area contributed by atoms with E-state index >= 15 is 0 Å². The minimum absolute atomic E-state index is 0. The summed E-state index contributed by atoms with van der Waals surface area (Å²) in [5.41, 5.74) is 7.81. The van der Waals surface area contributed by atoms with E-state index in [9.17, 15) is 4.79 Å². The van der Waals surface area contributed by atoms with E-state index in [1.54, 1.807) is 24.3 Å². The molecule has 0 aromatic heterocycles. The van der Waals surface area contributed by atoms with Crippen molar-refractivity contribution in [2.45, 2.75) is 20.0 Å². The Morgan fingerprint density at radius 1 is 1.04 bits per heavy atom. The minimum atomic E-state index is -0.328. The van der Waals surface area contributed by atoms with Crippen molar-refractivity contribution in [3.05, 3.63) is 65.7 Å². The lowest BCUT2D eigenvalue weighted by Crippen LogP contribution is -2.30. The van der Waals surface area contributed by atoms with Crippen LogP contribution in [0.2, 0.25) is 0 Å². The van der Waals surface area contributed by atoms with Gasteiger partial charge in [-0.25, -0.2) is 4.79 Å². The number of nitrogens with two attached hydrogens (primary N) is 1. The Morgan fingerprint density at radius 3 is 2.12 bits per heavy atom. The van der Waals surface area contributed by atoms with Crippen molar-refractivity contribution in [3.8, 4) is 0 Å². The molecule has 138 valence electrons. The van der Waals surface area contributed by atoms with Crippen molar-refractivity contribution in [3.63, 3.8) is 0 Å². The molecule has 1 unspecified atom stereocenters. The first-order valence-corrected chi connectivity index (χ1v) is 7.97. The second-order valence-electron chi connectivity index (χ2n) is 5.41. The Kier molecular flexibility index (Phi) is 10.5. The zero-order valence-corrected chi connectivity index (χ0v) is 15.5. The maximum atomic E-state index is 12.4. The van der Waals surface area contributed by atoms with Gasteiger partial charge in [-0.1, -0.05) is 44.2 Å². The number of likely N-dealkylation sites (N-methyl/N-ethyl adjacent to an activating group) is 1. The maximum absolute atomic E-state index is 12.4. The minimum Gasteiger partial charge on any atom is -0.453 e. The van der Waals surface area contributed by atoms with Gasteiger partial charge >= 0.3 is 5.97 Å². The monoisotopic (exact) mass is 366 g/mol. The Labute approximate surface area is 155 Å². The van der Waals surface area contributed by atoms with Gasteiger partial charge in [-0.3, -0.25) is 4.90 Å². The molecular formula is C19H27ClN2O3. The first kappa shape index (κ1) is 22.9. The summed E-state index contributed by atoms with van der Waals surface area (Å²) in [6, 6.07) is 16.7. The van der Waals surface area contributed by atoms with Crippen molar-refractivity contribution in [2.24, 2.45) is 0 Å². The fourth-order valence-electron chi connectivity index (χ4n) is 2.41. The highest BCUT2D eigenvalue weighted by atomic mass is 35.5. The molecule has 1 atom stereocenters. The average Bonchev–Trinajstić information content (AvgIpc) is 2.59. The van der Waals surface area contributed by atoms with Gasteiger partial charge in [0.15, 0.2) is 0 Å². The van der Waals surface area contributed by atoms with Gasteiger partial charge in [-0.15, -0.1) is 12.4 Å². The number of hydrogen-bond acceptors (Lipinski definition) is 4. The number of nitrogen functional groups attached to an aromatic ring is 1. The Bertz CT molecular complexity index is 616. The van der Waals surface area contributed by atoms with E-state index in [0.29, 0.717) is 17.8 Å². The van der Waals surface area contributed by atoms with E-state index in [1.807, 2.05) is 30.3 Å². The normalized spacial score (nSPS) is 11.2. The number of hydrogen-bond donors (Lipinski definition) is 1. The molecule has 0 aliphatic heterocycles. The average molecular weight is 367 g/mol. The Hall–Kier alpha value is -2.08. The summed E-state index contributed by atoms with van der Waals surface area (Å²) in [7, 11) is 0. The SMILES string of the molecule is CCN(CC)CC(OC(=O)c1ccc(N)cc1)c1ccccc1.Cl.O. The van der Waals surface area contributed by atoms with E-state index in [2.05, 4.69) is 18.7 Å². The van der Waals surface area contributed by atoms with Gasteiger partial charge in [0.05, 0.1) is 5.56 Å². The molecule has 0 aliphatic rings. The molecule has 2 aromatic rings. The van der Waals surface area contributed by atoms with Crippen LogP contribution in [0.4, 0.5) is 5.69 Å². The van der Waals surface area contributed by atoms with Crippen LogP contribution < -0.4 is 5.73 Å². The van der Waals surface area contributed by atoms with Crippen LogP contribution in [-0.4, -0.2) is 36.0 Å². The van der Waals surface area contributed by atoms with Crippen LogP contribution in [0, 0.1) is 0 Å². The number of benzene rings is 2. The van der Waals surface area contributed by atoms with E-state index in [-0.39, 0.29) is 30.0 Å². The molecule has 0 amide bonds. The van der Waals surface area contributed by atoms with Crippen LogP contribution in [-0.2, 0) is 4.74 Å². The number of ether oxygens (including phenoxy) is 1. The van der Waals surface area contributed by atoms with Gasteiger partial charge in [-0.05, 0) is 42.9 Å². The fraction of sp³-hybridized carbons (Fsp3) is 0.316. The van der Waals surface area contributed by atoms with Crippen LogP contribution in [0.5, 0.6) is 0 Å². The van der Waals surface area contributed by atoms with Crippen LogP contribution in [0.1, 0.15) is 35.9 Å². The van der Waals surface area contributed by atoms with Gasteiger partial charge < -0.3 is 15.9 Å². The molecule has 6 heteroatoms. The smallest absolute Gasteiger partial charge is 0.338 e. The predicted molar refractivity (Wildman–Crippen MR) is 104 cm³/mol.